The molecule has 21 heavy (non-hydrogen) atoms. The van der Waals surface area contributed by atoms with Gasteiger partial charge in [0.05, 0.1) is 6.61 Å². The van der Waals surface area contributed by atoms with E-state index in [0.717, 1.165) is 12.8 Å². The fourth-order valence-corrected chi connectivity index (χ4v) is 3.02. The predicted molar refractivity (Wildman–Crippen MR) is 78.7 cm³/mol. The van der Waals surface area contributed by atoms with Crippen molar-refractivity contribution in [3.05, 3.63) is 0 Å². The van der Waals surface area contributed by atoms with Gasteiger partial charge in [-0.2, -0.15) is 0 Å². The summed E-state index contributed by atoms with van der Waals surface area (Å²) in [7, 11) is 1.60. The molecule has 1 fully saturated rings. The summed E-state index contributed by atoms with van der Waals surface area (Å²) in [5, 5.41) is 0. The highest BCUT2D eigenvalue weighted by Crippen LogP contribution is 2.34. The van der Waals surface area contributed by atoms with Gasteiger partial charge in [0.25, 0.3) is 0 Å². The van der Waals surface area contributed by atoms with E-state index in [4.69, 9.17) is 14.2 Å². The Morgan fingerprint density at radius 2 is 2.10 bits per heavy atom. The second-order valence-electron chi connectivity index (χ2n) is 5.43. The largest absolute Gasteiger partial charge is 0.466 e. The Kier molecular flexibility index (Phi) is 8.54. The van der Waals surface area contributed by atoms with E-state index in [1.165, 1.54) is 0 Å². The molecule has 0 spiro atoms. The number of carbonyl (C=O) groups is 2. The quantitative estimate of drug-likeness (QED) is 0.484. The van der Waals surface area contributed by atoms with E-state index in [1.807, 2.05) is 6.92 Å². The molecule has 0 aromatic heterocycles. The van der Waals surface area contributed by atoms with Crippen LogP contribution >= 0.6 is 0 Å². The Balaban J connectivity index is 2.57. The van der Waals surface area contributed by atoms with Crippen molar-refractivity contribution < 1.29 is 23.8 Å². The standard InChI is InChI=1S/C16H28O5/c1-4-20-15(18)10-9-12-7-6-8-14(17)13(12)11-16(19-3)21-5-2/h12-13,16H,4-11H2,1-3H3/t12-,13-,16?/m0/s1. The lowest BCUT2D eigenvalue weighted by Gasteiger charge is -2.32. The van der Waals surface area contributed by atoms with Crippen LogP contribution in [0.5, 0.6) is 0 Å². The number of hydrogen-bond donors (Lipinski definition) is 0. The molecule has 0 amide bonds. The molecule has 0 aliphatic heterocycles. The lowest BCUT2D eigenvalue weighted by Crippen LogP contribution is -2.33. The van der Waals surface area contributed by atoms with Crippen molar-refractivity contribution in [3.63, 3.8) is 0 Å². The smallest absolute Gasteiger partial charge is 0.305 e. The first-order chi connectivity index (χ1) is 10.1. The second-order valence-corrected chi connectivity index (χ2v) is 5.43. The maximum Gasteiger partial charge on any atom is 0.305 e. The summed E-state index contributed by atoms with van der Waals surface area (Å²) in [6.07, 6.45) is 3.85. The molecule has 0 heterocycles. The van der Waals surface area contributed by atoms with Crippen molar-refractivity contribution in [3.8, 4) is 0 Å². The van der Waals surface area contributed by atoms with Crippen LogP contribution in [-0.2, 0) is 23.8 Å². The molecule has 0 N–H and O–H groups in total. The maximum absolute atomic E-state index is 12.2. The van der Waals surface area contributed by atoms with E-state index in [2.05, 4.69) is 0 Å². The van der Waals surface area contributed by atoms with Crippen LogP contribution in [0.4, 0.5) is 0 Å². The molecule has 1 rings (SSSR count). The fraction of sp³-hybridized carbons (Fsp3) is 0.875. The van der Waals surface area contributed by atoms with Crippen LogP contribution in [0.2, 0.25) is 0 Å². The molecule has 122 valence electrons. The van der Waals surface area contributed by atoms with Crippen molar-refractivity contribution in [2.24, 2.45) is 11.8 Å². The maximum atomic E-state index is 12.2. The first kappa shape index (κ1) is 18.1. The topological polar surface area (TPSA) is 61.8 Å². The minimum absolute atomic E-state index is 0.0651. The van der Waals surface area contributed by atoms with Gasteiger partial charge in [0.2, 0.25) is 0 Å². The molecule has 0 aromatic rings. The summed E-state index contributed by atoms with van der Waals surface area (Å²) >= 11 is 0. The summed E-state index contributed by atoms with van der Waals surface area (Å²) < 4.78 is 15.7. The van der Waals surface area contributed by atoms with Gasteiger partial charge >= 0.3 is 5.97 Å². The Morgan fingerprint density at radius 1 is 1.33 bits per heavy atom. The minimum Gasteiger partial charge on any atom is -0.466 e. The number of esters is 1. The molecule has 1 unspecified atom stereocenters. The first-order valence-electron chi connectivity index (χ1n) is 7.95. The Labute approximate surface area is 127 Å². The van der Waals surface area contributed by atoms with Gasteiger partial charge in [-0.15, -0.1) is 0 Å². The molecule has 0 saturated heterocycles. The molecule has 1 saturated carbocycles. The number of carbonyl (C=O) groups excluding carboxylic acids is 2. The SMILES string of the molecule is CCOC(=O)CC[C@@H]1CCCC(=O)[C@H]1CC(OC)OCC. The van der Waals surface area contributed by atoms with Gasteiger partial charge in [-0.05, 0) is 39.0 Å². The van der Waals surface area contributed by atoms with Gasteiger partial charge in [-0.25, -0.2) is 0 Å². The van der Waals surface area contributed by atoms with Crippen LogP contribution < -0.4 is 0 Å². The molecule has 5 nitrogen and oxygen atoms in total. The Morgan fingerprint density at radius 3 is 2.71 bits per heavy atom. The number of ketones is 1. The Hall–Kier alpha value is -0.940. The first-order valence-corrected chi connectivity index (χ1v) is 7.95. The third-order valence-corrected chi connectivity index (χ3v) is 4.07. The Bertz CT molecular complexity index is 329. The summed E-state index contributed by atoms with van der Waals surface area (Å²) in [6.45, 7) is 4.68. The monoisotopic (exact) mass is 300 g/mol. The highest BCUT2D eigenvalue weighted by Gasteiger charge is 2.34. The molecular weight excluding hydrogens is 272 g/mol. The number of rotatable bonds is 9. The van der Waals surface area contributed by atoms with Gasteiger partial charge in [0, 0.05) is 38.9 Å². The number of ether oxygens (including phenoxy) is 3. The van der Waals surface area contributed by atoms with Crippen molar-refractivity contribution in [2.45, 2.75) is 58.7 Å². The highest BCUT2D eigenvalue weighted by molar-refractivity contribution is 5.82. The van der Waals surface area contributed by atoms with E-state index in [1.54, 1.807) is 14.0 Å². The number of Topliss-reactive ketones (excluding diaryl/α,β-unsaturated/α-hetero) is 1. The third-order valence-electron chi connectivity index (χ3n) is 4.07. The lowest BCUT2D eigenvalue weighted by atomic mass is 9.74. The van der Waals surface area contributed by atoms with E-state index in [-0.39, 0.29) is 29.9 Å². The summed E-state index contributed by atoms with van der Waals surface area (Å²) in [6, 6.07) is 0. The van der Waals surface area contributed by atoms with Gasteiger partial charge in [0.15, 0.2) is 6.29 Å². The van der Waals surface area contributed by atoms with Crippen LogP contribution in [0.1, 0.15) is 52.4 Å². The zero-order valence-electron chi connectivity index (χ0n) is 13.4. The number of hydrogen-bond acceptors (Lipinski definition) is 5. The lowest BCUT2D eigenvalue weighted by molar-refractivity contribution is -0.150. The molecule has 3 atom stereocenters. The van der Waals surface area contributed by atoms with Crippen LogP contribution in [-0.4, -0.2) is 38.4 Å². The van der Waals surface area contributed by atoms with Crippen molar-refractivity contribution in [1.29, 1.82) is 0 Å². The van der Waals surface area contributed by atoms with Crippen LogP contribution in [0.3, 0.4) is 0 Å². The average molecular weight is 300 g/mol. The fourth-order valence-electron chi connectivity index (χ4n) is 3.02. The van der Waals surface area contributed by atoms with Gasteiger partial charge in [0.1, 0.15) is 5.78 Å². The van der Waals surface area contributed by atoms with Crippen LogP contribution in [0.25, 0.3) is 0 Å². The summed E-state index contributed by atoms with van der Waals surface area (Å²) in [5.41, 5.74) is 0. The second kappa shape index (κ2) is 9.90. The molecule has 0 radical (unpaired) electrons. The van der Waals surface area contributed by atoms with Crippen molar-refractivity contribution >= 4 is 11.8 Å². The molecule has 5 heteroatoms. The summed E-state index contributed by atoms with van der Waals surface area (Å²) in [5.74, 6) is 0.262. The number of methoxy groups -OCH3 is 1. The van der Waals surface area contributed by atoms with Crippen molar-refractivity contribution in [1.82, 2.24) is 0 Å². The van der Waals surface area contributed by atoms with E-state index >= 15 is 0 Å². The third kappa shape index (κ3) is 6.14. The van der Waals surface area contributed by atoms with Crippen LogP contribution in [0.15, 0.2) is 0 Å². The van der Waals surface area contributed by atoms with Gasteiger partial charge in [-0.3, -0.25) is 9.59 Å². The zero-order valence-corrected chi connectivity index (χ0v) is 13.4. The zero-order chi connectivity index (χ0) is 15.7. The summed E-state index contributed by atoms with van der Waals surface area (Å²) in [4.78, 5) is 23.7. The van der Waals surface area contributed by atoms with Gasteiger partial charge < -0.3 is 14.2 Å². The van der Waals surface area contributed by atoms with Gasteiger partial charge in [-0.1, -0.05) is 0 Å². The van der Waals surface area contributed by atoms with Crippen LogP contribution in [0, 0.1) is 11.8 Å². The normalized spacial score (nSPS) is 23.9. The minimum atomic E-state index is -0.341. The molecular formula is C16H28O5. The molecule has 1 aliphatic carbocycles. The average Bonchev–Trinajstić information content (AvgIpc) is 2.47. The molecule has 1 aliphatic rings. The molecule has 0 aromatic carbocycles. The predicted octanol–water partition coefficient (Wildman–Crippen LogP) is 2.71. The van der Waals surface area contributed by atoms with E-state index < -0.39 is 0 Å². The highest BCUT2D eigenvalue weighted by atomic mass is 16.7. The van der Waals surface area contributed by atoms with E-state index in [0.29, 0.717) is 38.9 Å². The van der Waals surface area contributed by atoms with Crippen molar-refractivity contribution in [2.75, 3.05) is 20.3 Å². The van der Waals surface area contributed by atoms with E-state index in [9.17, 15) is 9.59 Å². The molecule has 0 bridgehead atoms.